The summed E-state index contributed by atoms with van der Waals surface area (Å²) in [6, 6.07) is 10.8. The normalized spacial score (nSPS) is 11.9. The Balaban J connectivity index is 2.29. The lowest BCUT2D eigenvalue weighted by molar-refractivity contribution is -0.118. The van der Waals surface area contributed by atoms with Crippen molar-refractivity contribution in [2.24, 2.45) is 5.73 Å². The molecule has 1 atom stereocenters. The number of ether oxygens (including phenoxy) is 1. The average molecular weight is 276 g/mol. The lowest BCUT2D eigenvalue weighted by atomic mass is 10.2. The Morgan fingerprint density at radius 3 is 2.63 bits per heavy atom. The summed E-state index contributed by atoms with van der Waals surface area (Å²) in [6.45, 7) is 2.00. The number of aryl methyl sites for hydroxylation is 1. The smallest absolute Gasteiger partial charge is 0.245 e. The van der Waals surface area contributed by atoms with E-state index in [1.807, 2.05) is 43.3 Å². The van der Waals surface area contributed by atoms with Crippen molar-refractivity contribution in [1.29, 1.82) is 0 Å². The highest BCUT2D eigenvalue weighted by atomic mass is 32.1. The summed E-state index contributed by atoms with van der Waals surface area (Å²) in [5.41, 5.74) is 6.23. The van der Waals surface area contributed by atoms with Crippen LogP contribution in [-0.2, 0) is 4.79 Å². The number of amides is 1. The molecule has 1 aromatic carbocycles. The predicted octanol–water partition coefficient (Wildman–Crippen LogP) is 2.70. The molecule has 0 radical (unpaired) electrons. The zero-order valence-electron chi connectivity index (χ0n) is 10.8. The highest BCUT2D eigenvalue weighted by Gasteiger charge is 2.20. The van der Waals surface area contributed by atoms with Crippen LogP contribution in [0.15, 0.2) is 36.4 Å². The second-order valence-electron chi connectivity index (χ2n) is 4.13. The maximum atomic E-state index is 11.6. The molecule has 0 saturated carbocycles. The van der Waals surface area contributed by atoms with Crippen molar-refractivity contribution in [3.8, 4) is 5.75 Å². The first-order chi connectivity index (χ1) is 9.11. The van der Waals surface area contributed by atoms with E-state index in [0.29, 0.717) is 5.75 Å². The average Bonchev–Trinajstić information content (AvgIpc) is 2.82. The Hall–Kier alpha value is -2.01. The Morgan fingerprint density at radius 2 is 2.05 bits per heavy atom. The third-order valence-corrected chi connectivity index (χ3v) is 3.80. The summed E-state index contributed by atoms with van der Waals surface area (Å²) >= 11 is 1.55. The first-order valence-corrected chi connectivity index (χ1v) is 6.68. The number of carbonyl (C=O) groups excluding carboxylic acids is 1. The molecule has 2 rings (SSSR count). The van der Waals surface area contributed by atoms with E-state index in [-0.39, 0.29) is 0 Å². The van der Waals surface area contributed by atoms with E-state index >= 15 is 0 Å². The molecule has 0 aliphatic carbocycles. The molecule has 1 amide bonds. The van der Waals surface area contributed by atoms with E-state index in [0.717, 1.165) is 15.4 Å². The molecule has 19 heavy (non-hydrogen) atoms. The molecule has 1 unspecified atom stereocenters. The lowest BCUT2D eigenvalue weighted by Gasteiger charge is -2.17. The molecule has 100 valence electrons. The number of rotatable bonds is 5. The number of nitrogens with one attached hydrogen (secondary N) is 1. The van der Waals surface area contributed by atoms with Crippen molar-refractivity contribution >= 4 is 22.9 Å². The van der Waals surface area contributed by atoms with Gasteiger partial charge >= 0.3 is 0 Å². The molecule has 0 bridgehead atoms. The molecule has 4 nitrogen and oxygen atoms in total. The van der Waals surface area contributed by atoms with Crippen molar-refractivity contribution in [1.82, 2.24) is 0 Å². The van der Waals surface area contributed by atoms with Gasteiger partial charge in [0.25, 0.3) is 0 Å². The SMILES string of the molecule is COc1ccccc1NC(C(N)=O)c1ccc(C)s1. The lowest BCUT2D eigenvalue weighted by Crippen LogP contribution is -2.27. The molecule has 3 N–H and O–H groups in total. The third kappa shape index (κ3) is 3.06. The highest BCUT2D eigenvalue weighted by molar-refractivity contribution is 7.12. The number of primary amides is 1. The van der Waals surface area contributed by atoms with E-state index in [9.17, 15) is 4.79 Å². The molecule has 0 aliphatic heterocycles. The number of benzene rings is 1. The second kappa shape index (κ2) is 5.75. The van der Waals surface area contributed by atoms with Gasteiger partial charge in [0.2, 0.25) is 5.91 Å². The summed E-state index contributed by atoms with van der Waals surface area (Å²) in [7, 11) is 1.59. The summed E-state index contributed by atoms with van der Waals surface area (Å²) in [5, 5.41) is 3.14. The quantitative estimate of drug-likeness (QED) is 0.882. The first-order valence-electron chi connectivity index (χ1n) is 5.87. The largest absolute Gasteiger partial charge is 0.495 e. The maximum Gasteiger partial charge on any atom is 0.245 e. The van der Waals surface area contributed by atoms with Crippen LogP contribution in [0.4, 0.5) is 5.69 Å². The van der Waals surface area contributed by atoms with Crippen molar-refractivity contribution in [3.63, 3.8) is 0 Å². The van der Waals surface area contributed by atoms with Crippen LogP contribution < -0.4 is 15.8 Å². The number of hydrogen-bond acceptors (Lipinski definition) is 4. The third-order valence-electron chi connectivity index (χ3n) is 2.74. The maximum absolute atomic E-state index is 11.6. The van der Waals surface area contributed by atoms with Crippen molar-refractivity contribution < 1.29 is 9.53 Å². The molecular weight excluding hydrogens is 260 g/mol. The van der Waals surface area contributed by atoms with Gasteiger partial charge in [-0.2, -0.15) is 0 Å². The van der Waals surface area contributed by atoms with E-state index in [2.05, 4.69) is 5.32 Å². The number of nitrogens with two attached hydrogens (primary N) is 1. The zero-order chi connectivity index (χ0) is 13.8. The van der Waals surface area contributed by atoms with Gasteiger partial charge in [-0.15, -0.1) is 11.3 Å². The van der Waals surface area contributed by atoms with Gasteiger partial charge in [0.15, 0.2) is 0 Å². The minimum absolute atomic E-state index is 0.409. The number of thiophene rings is 1. The number of carbonyl (C=O) groups is 1. The monoisotopic (exact) mass is 276 g/mol. The van der Waals surface area contributed by atoms with Crippen molar-refractivity contribution in [2.45, 2.75) is 13.0 Å². The van der Waals surface area contributed by atoms with Crippen LogP contribution in [0, 0.1) is 6.92 Å². The summed E-state index contributed by atoms with van der Waals surface area (Å²) in [6.07, 6.45) is 0. The molecule has 0 aliphatic rings. The number of hydrogen-bond donors (Lipinski definition) is 2. The molecule has 0 fully saturated rings. The molecular formula is C14H16N2O2S. The molecule has 0 saturated heterocycles. The minimum Gasteiger partial charge on any atom is -0.495 e. The molecule has 0 spiro atoms. The molecule has 5 heteroatoms. The van der Waals surface area contributed by atoms with E-state index in [1.54, 1.807) is 18.4 Å². The fourth-order valence-corrected chi connectivity index (χ4v) is 2.75. The summed E-state index contributed by atoms with van der Waals surface area (Å²) in [5.74, 6) is 0.273. The first kappa shape index (κ1) is 13.4. The molecule has 1 aromatic heterocycles. The standard InChI is InChI=1S/C14H16N2O2S/c1-9-7-8-12(19-9)13(14(15)17)16-10-5-3-4-6-11(10)18-2/h3-8,13,16H,1-2H3,(H2,15,17). The van der Waals surface area contributed by atoms with Crippen LogP contribution in [0.3, 0.4) is 0 Å². The van der Waals surface area contributed by atoms with Crippen molar-refractivity contribution in [2.75, 3.05) is 12.4 Å². The molecule has 2 aromatic rings. The van der Waals surface area contributed by atoms with Gasteiger partial charge in [-0.05, 0) is 31.2 Å². The van der Waals surface area contributed by atoms with Gasteiger partial charge in [0.1, 0.15) is 11.8 Å². The van der Waals surface area contributed by atoms with Gasteiger partial charge in [0.05, 0.1) is 12.8 Å². The fraction of sp³-hybridized carbons (Fsp3) is 0.214. The van der Waals surface area contributed by atoms with Crippen LogP contribution in [-0.4, -0.2) is 13.0 Å². The van der Waals surface area contributed by atoms with Crippen LogP contribution in [0.5, 0.6) is 5.75 Å². The van der Waals surface area contributed by atoms with Gasteiger partial charge < -0.3 is 15.8 Å². The number of para-hydroxylation sites is 2. The van der Waals surface area contributed by atoms with Gasteiger partial charge in [0, 0.05) is 9.75 Å². The van der Waals surface area contributed by atoms with Gasteiger partial charge in [-0.1, -0.05) is 12.1 Å². The molecule has 1 heterocycles. The van der Waals surface area contributed by atoms with E-state index in [1.165, 1.54) is 0 Å². The van der Waals surface area contributed by atoms with Crippen LogP contribution in [0.25, 0.3) is 0 Å². The predicted molar refractivity (Wildman–Crippen MR) is 77.6 cm³/mol. The fourth-order valence-electron chi connectivity index (χ4n) is 1.81. The number of anilines is 1. The summed E-state index contributed by atoms with van der Waals surface area (Å²) < 4.78 is 5.26. The zero-order valence-corrected chi connectivity index (χ0v) is 11.7. The minimum atomic E-state index is -0.546. The number of methoxy groups -OCH3 is 1. The van der Waals surface area contributed by atoms with Crippen LogP contribution in [0.2, 0.25) is 0 Å². The second-order valence-corrected chi connectivity index (χ2v) is 5.45. The van der Waals surface area contributed by atoms with E-state index in [4.69, 9.17) is 10.5 Å². The topological polar surface area (TPSA) is 64.3 Å². The van der Waals surface area contributed by atoms with Gasteiger partial charge in [-0.3, -0.25) is 4.79 Å². The summed E-state index contributed by atoms with van der Waals surface area (Å²) in [4.78, 5) is 13.7. The van der Waals surface area contributed by atoms with Crippen LogP contribution >= 0.6 is 11.3 Å². The van der Waals surface area contributed by atoms with Crippen molar-refractivity contribution in [3.05, 3.63) is 46.2 Å². The van der Waals surface area contributed by atoms with Crippen LogP contribution in [0.1, 0.15) is 15.8 Å². The highest BCUT2D eigenvalue weighted by Crippen LogP contribution is 2.30. The van der Waals surface area contributed by atoms with Gasteiger partial charge in [-0.25, -0.2) is 0 Å². The Labute approximate surface area is 116 Å². The van der Waals surface area contributed by atoms with E-state index < -0.39 is 11.9 Å². The Kier molecular flexibility index (Phi) is 4.06. The Morgan fingerprint density at radius 1 is 1.32 bits per heavy atom. The Bertz CT molecular complexity index is 580.